The summed E-state index contributed by atoms with van der Waals surface area (Å²) < 4.78 is 25.3. The van der Waals surface area contributed by atoms with Gasteiger partial charge in [0.25, 0.3) is 0 Å². The van der Waals surface area contributed by atoms with E-state index in [1.807, 2.05) is 165 Å². The van der Waals surface area contributed by atoms with Crippen LogP contribution in [0.2, 0.25) is 0 Å². The first-order chi connectivity index (χ1) is 58.6. The Hall–Kier alpha value is -12.4. The number of likely N-dealkylation sites (N-methyl/N-ethyl adjacent to an activating group) is 1. The number of fused-ring (bicyclic) bond motifs is 8. The molecule has 11 heterocycles. The van der Waals surface area contributed by atoms with Gasteiger partial charge in [0.1, 0.15) is 76.0 Å². The number of carbonyl (C=O) groups excluding carboxylic acids is 5. The van der Waals surface area contributed by atoms with Crippen molar-refractivity contribution in [1.82, 2.24) is 54.7 Å². The van der Waals surface area contributed by atoms with E-state index in [4.69, 9.17) is 18.6 Å². The van der Waals surface area contributed by atoms with Crippen molar-refractivity contribution < 1.29 is 42.6 Å². The van der Waals surface area contributed by atoms with Gasteiger partial charge < -0.3 is 39.5 Å². The number of carbonyl (C=O) groups is 5. The Balaban J connectivity index is 0.000000123. The lowest BCUT2D eigenvalue weighted by atomic mass is 10.0. The van der Waals surface area contributed by atoms with Gasteiger partial charge in [-0.15, -0.1) is 34.0 Å². The lowest BCUT2D eigenvalue weighted by molar-refractivity contribution is -0.118. The number of morpholine rings is 1. The van der Waals surface area contributed by atoms with Crippen LogP contribution in [0.3, 0.4) is 0 Å². The molecule has 608 valence electrons. The fourth-order valence-electron chi connectivity index (χ4n) is 13.2. The monoisotopic (exact) mass is 1690 g/mol. The molecule has 0 aliphatic carbocycles. The molecule has 7 aromatic carbocycles. The Morgan fingerprint density at radius 2 is 1.05 bits per heavy atom. The largest absolute Gasteiger partial charge is 0.454 e. The zero-order valence-corrected chi connectivity index (χ0v) is 70.7. The molecule has 0 saturated carbocycles. The third-order valence-corrected chi connectivity index (χ3v) is 24.8. The highest BCUT2D eigenvalue weighted by Gasteiger charge is 2.23. The summed E-state index contributed by atoms with van der Waals surface area (Å²) in [6, 6.07) is 58.3. The lowest BCUT2D eigenvalue weighted by Gasteiger charge is -2.27. The molecule has 1 fully saturated rings. The highest BCUT2D eigenvalue weighted by Crippen LogP contribution is 2.37. The molecule has 0 spiro atoms. The maximum Gasteiger partial charge on any atom is 0.243 e. The van der Waals surface area contributed by atoms with Gasteiger partial charge in [-0.2, -0.15) is 0 Å². The summed E-state index contributed by atoms with van der Waals surface area (Å²) in [5.41, 5.74) is 14.6. The quantitative estimate of drug-likeness (QED) is 0.0272. The van der Waals surface area contributed by atoms with E-state index >= 15 is 0 Å². The molecule has 2 atom stereocenters. The topological polar surface area (TPSA) is 298 Å². The molecule has 1 saturated heterocycles. The van der Waals surface area contributed by atoms with E-state index in [9.17, 15) is 24.0 Å². The number of benzene rings is 7. The maximum absolute atomic E-state index is 12.6. The number of amides is 1. The van der Waals surface area contributed by atoms with Crippen LogP contribution in [0.1, 0.15) is 88.7 Å². The molecule has 2 unspecified atom stereocenters. The molecule has 1 amide bonds. The number of ketones is 4. The number of thiophene rings is 3. The number of rotatable bonds is 25. The number of aryl methyl sites for hydroxylation is 1. The Morgan fingerprint density at radius 1 is 0.508 bits per heavy atom. The van der Waals surface area contributed by atoms with Crippen molar-refractivity contribution in [2.24, 2.45) is 0 Å². The van der Waals surface area contributed by atoms with Crippen LogP contribution >= 0.6 is 57.5 Å². The predicted molar refractivity (Wildman–Crippen MR) is 480 cm³/mol. The molecule has 2 aliphatic rings. The van der Waals surface area contributed by atoms with Crippen LogP contribution in [0.25, 0.3) is 63.6 Å². The average Bonchev–Trinajstić information content (AvgIpc) is 1.62. The van der Waals surface area contributed by atoms with Crippen molar-refractivity contribution >= 4 is 173 Å². The van der Waals surface area contributed by atoms with Crippen molar-refractivity contribution in [2.75, 3.05) is 67.5 Å². The molecule has 120 heavy (non-hydrogen) atoms. The highest BCUT2D eigenvalue weighted by atomic mass is 32.2. The van der Waals surface area contributed by atoms with Gasteiger partial charge in [-0.3, -0.25) is 28.9 Å². The minimum Gasteiger partial charge on any atom is -0.454 e. The zero-order valence-electron chi connectivity index (χ0n) is 66.7. The number of thioether (sulfide) groups is 2. The van der Waals surface area contributed by atoms with Crippen molar-refractivity contribution in [1.29, 1.82) is 0 Å². The van der Waals surface area contributed by atoms with E-state index in [2.05, 4.69) is 107 Å². The van der Waals surface area contributed by atoms with Crippen molar-refractivity contribution in [3.8, 4) is 11.5 Å². The van der Waals surface area contributed by atoms with E-state index in [1.54, 1.807) is 75.8 Å². The summed E-state index contributed by atoms with van der Waals surface area (Å²) in [5.74, 6) is 4.09. The molecule has 2 aliphatic heterocycles. The number of nitrogens with one attached hydrogen (secondary N) is 3. The second kappa shape index (κ2) is 40.9. The van der Waals surface area contributed by atoms with E-state index in [0.717, 1.165) is 165 Å². The van der Waals surface area contributed by atoms with Gasteiger partial charge >= 0.3 is 0 Å². The number of aromatic nitrogens is 10. The maximum atomic E-state index is 12.6. The summed E-state index contributed by atoms with van der Waals surface area (Å²) in [4.78, 5) is 108. The van der Waals surface area contributed by atoms with E-state index in [0.29, 0.717) is 48.7 Å². The van der Waals surface area contributed by atoms with Gasteiger partial charge in [0.2, 0.25) is 12.7 Å². The molecule has 16 aromatic rings. The molecule has 0 bridgehead atoms. The van der Waals surface area contributed by atoms with E-state index in [-0.39, 0.29) is 46.1 Å². The molecular weight excluding hydrogens is 1610 g/mol. The molecule has 24 nitrogen and oxygen atoms in total. The predicted octanol–water partition coefficient (Wildman–Crippen LogP) is 18.5. The van der Waals surface area contributed by atoms with Crippen LogP contribution in [0.5, 0.6) is 11.5 Å². The smallest absolute Gasteiger partial charge is 0.243 e. The molecule has 9 aromatic heterocycles. The Morgan fingerprint density at radius 3 is 1.71 bits per heavy atom. The number of furan rings is 1. The minimum atomic E-state index is -0.237. The van der Waals surface area contributed by atoms with Gasteiger partial charge in [0.05, 0.1) is 66.4 Å². The molecular formula is C91H85N15O9S5. The van der Waals surface area contributed by atoms with Gasteiger partial charge in [0, 0.05) is 80.2 Å². The second-order valence-electron chi connectivity index (χ2n) is 28.0. The first-order valence-electron chi connectivity index (χ1n) is 38.8. The lowest BCUT2D eigenvalue weighted by Crippen LogP contribution is -2.35. The van der Waals surface area contributed by atoms with Crippen LogP contribution < -0.4 is 30.3 Å². The summed E-state index contributed by atoms with van der Waals surface area (Å²) in [5, 5.41) is 18.9. The Bertz CT molecular complexity index is 6290. The van der Waals surface area contributed by atoms with Gasteiger partial charge in [-0.25, -0.2) is 49.8 Å². The first kappa shape index (κ1) is 84.1. The van der Waals surface area contributed by atoms with E-state index in [1.165, 1.54) is 67.5 Å². The SMILES string of the molecule is CC(=O)c1cccc(CC(=O)C(C)Sc2ncnc3ccccc23)c1.CC(=O)c1cccc(CC(=O)C(C)Sc2ncnc3ccsc23)c1.CCc1ccccc1NC(=O)CN(C)c1ncnc2c1oc1ccccc12.c1ccc(CN2CCOCC2)c(CNc2ncnc3ccsc23)c1.c1nc(NCc2ccc3c(c2)OCO3)c2sccc2n1. The fraction of sp³-hybridized carbons (Fsp3) is 0.220. The standard InChI is InChI=1S/C21H20N4O2.C20H18N2O2S.C18H20N4OS.C18H16N2O2S2.C14H11N3O2S/c1-3-14-8-4-6-10-16(14)24-18(26)12-25(2)21-20-19(22-13-23-21)15-9-5-7-11-17(15)27-20;1-13(23)16-7-5-6-15(10-16)11-19(24)14(2)25-20-17-8-3-4-9-18(17)21-12-22-20;1-2-4-15(12-22-6-8-23-9-7-22)14(3-1)11-19-18-17-16(5-10-24-17)20-13-21-18;1-11(21)14-5-3-4-13(8-14)9-16(22)12(2)24-18-17-15(6-7-23-17)19-10-20-18;1-2-11-12(19-8-18-11)5-9(1)6-15-14-13-10(3-4-20-13)16-7-17-14/h4-11,13H,3,12H2,1-2H3,(H,24,26);3-10,12,14H,11H2,1-2H3;1-5,10,13H,6-9,11-12H2,(H,19,20,21);3-8,10,12H,9H2,1-2H3;1-5,7H,6,8H2,(H,15,16,17). The number of hydrogen-bond donors (Lipinski definition) is 3. The second-order valence-corrected chi connectivity index (χ2v) is 33.4. The third-order valence-electron chi connectivity index (χ3n) is 19.6. The Labute approximate surface area is 713 Å². The van der Waals surface area contributed by atoms with Crippen LogP contribution in [0, 0.1) is 0 Å². The number of ether oxygens (including phenoxy) is 3. The number of anilines is 4. The van der Waals surface area contributed by atoms with Crippen molar-refractivity contribution in [3.05, 3.63) is 274 Å². The fourth-order valence-corrected chi connectivity index (χ4v) is 17.7. The number of para-hydroxylation sites is 3. The third kappa shape index (κ3) is 21.7. The van der Waals surface area contributed by atoms with Crippen LogP contribution in [0.15, 0.2) is 244 Å². The van der Waals surface area contributed by atoms with Crippen LogP contribution in [0.4, 0.5) is 23.1 Å². The summed E-state index contributed by atoms with van der Waals surface area (Å²) >= 11 is 7.79. The van der Waals surface area contributed by atoms with Gasteiger partial charge in [0.15, 0.2) is 34.5 Å². The van der Waals surface area contributed by atoms with Crippen LogP contribution in [-0.4, -0.2) is 141 Å². The van der Waals surface area contributed by atoms with Crippen LogP contribution in [-0.2, 0) is 58.0 Å². The van der Waals surface area contributed by atoms with Gasteiger partial charge in [-0.1, -0.05) is 146 Å². The number of Topliss-reactive ketones (excluding diaryl/α,β-unsaturated/α-hetero) is 4. The number of hydrogen-bond acceptors (Lipinski definition) is 28. The summed E-state index contributed by atoms with van der Waals surface area (Å²) in [7, 11) is 1.82. The first-order valence-corrected chi connectivity index (χ1v) is 43.2. The molecule has 29 heteroatoms. The number of nitrogens with zero attached hydrogens (tertiary/aromatic N) is 12. The summed E-state index contributed by atoms with van der Waals surface area (Å²) in [6.07, 6.45) is 9.24. The van der Waals surface area contributed by atoms with Crippen molar-refractivity contribution in [2.45, 2.75) is 94.1 Å². The molecule has 18 rings (SSSR count). The summed E-state index contributed by atoms with van der Waals surface area (Å²) in [6.45, 7) is 15.4. The van der Waals surface area contributed by atoms with Gasteiger partial charge in [-0.05, 0) is 150 Å². The van der Waals surface area contributed by atoms with E-state index < -0.39 is 0 Å². The molecule has 3 N–H and O–H groups in total. The minimum absolute atomic E-state index is 0.00387. The van der Waals surface area contributed by atoms with Crippen molar-refractivity contribution in [3.63, 3.8) is 0 Å². The normalized spacial score (nSPS) is 12.7. The highest BCUT2D eigenvalue weighted by molar-refractivity contribution is 8.01. The average molecular weight is 1690 g/mol. The Kier molecular flexibility index (Phi) is 28.7. The molecule has 0 radical (unpaired) electrons. The zero-order chi connectivity index (χ0) is 83.3.